The van der Waals surface area contributed by atoms with Crippen LogP contribution in [0.4, 0.5) is 4.39 Å². The number of hydrogen-bond donors (Lipinski definition) is 1. The molecule has 0 radical (unpaired) electrons. The highest BCUT2D eigenvalue weighted by Crippen LogP contribution is 2.31. The topological polar surface area (TPSA) is 29.5 Å². The van der Waals surface area contributed by atoms with Gasteiger partial charge >= 0.3 is 0 Å². The van der Waals surface area contributed by atoms with Crippen LogP contribution in [-0.2, 0) is 0 Å². The SMILES string of the molecule is COc1ccc(Br)c(C(O)c2ccc(F)cc2)c1. The maximum atomic E-state index is 12.8. The Morgan fingerprint density at radius 3 is 2.44 bits per heavy atom. The van der Waals surface area contributed by atoms with E-state index in [0.717, 1.165) is 4.47 Å². The molecule has 0 saturated heterocycles. The Hall–Kier alpha value is -1.39. The lowest BCUT2D eigenvalue weighted by Gasteiger charge is -2.14. The van der Waals surface area contributed by atoms with Crippen LogP contribution in [0.15, 0.2) is 46.9 Å². The van der Waals surface area contributed by atoms with Crippen molar-refractivity contribution in [3.63, 3.8) is 0 Å². The number of hydrogen-bond acceptors (Lipinski definition) is 2. The Balaban J connectivity index is 2.38. The normalized spacial score (nSPS) is 12.2. The van der Waals surface area contributed by atoms with E-state index in [1.807, 2.05) is 0 Å². The molecule has 2 aromatic carbocycles. The van der Waals surface area contributed by atoms with Crippen molar-refractivity contribution in [3.05, 3.63) is 63.9 Å². The highest BCUT2D eigenvalue weighted by Gasteiger charge is 2.14. The Morgan fingerprint density at radius 2 is 1.83 bits per heavy atom. The number of ether oxygens (including phenoxy) is 1. The molecule has 4 heteroatoms. The van der Waals surface area contributed by atoms with Crippen LogP contribution < -0.4 is 4.74 Å². The number of halogens is 2. The summed E-state index contributed by atoms with van der Waals surface area (Å²) in [7, 11) is 1.57. The van der Waals surface area contributed by atoms with E-state index in [1.165, 1.54) is 12.1 Å². The maximum Gasteiger partial charge on any atom is 0.123 e. The third-order valence-corrected chi connectivity index (χ3v) is 3.41. The van der Waals surface area contributed by atoms with E-state index in [-0.39, 0.29) is 5.82 Å². The summed E-state index contributed by atoms with van der Waals surface area (Å²) in [6.07, 6.45) is -0.824. The highest BCUT2D eigenvalue weighted by molar-refractivity contribution is 9.10. The smallest absolute Gasteiger partial charge is 0.123 e. The van der Waals surface area contributed by atoms with Gasteiger partial charge in [0.1, 0.15) is 17.7 Å². The highest BCUT2D eigenvalue weighted by atomic mass is 79.9. The number of benzene rings is 2. The lowest BCUT2D eigenvalue weighted by molar-refractivity contribution is 0.219. The Labute approximate surface area is 113 Å². The van der Waals surface area contributed by atoms with Crippen molar-refractivity contribution in [2.45, 2.75) is 6.10 Å². The van der Waals surface area contributed by atoms with Crippen LogP contribution in [0.25, 0.3) is 0 Å². The fourth-order valence-corrected chi connectivity index (χ4v) is 2.15. The standard InChI is InChI=1S/C14H12BrFO2/c1-18-11-6-7-13(15)12(8-11)14(17)9-2-4-10(16)5-3-9/h2-8,14,17H,1H3. The number of aliphatic hydroxyl groups is 1. The summed E-state index contributed by atoms with van der Waals surface area (Å²) in [5.41, 5.74) is 1.31. The van der Waals surface area contributed by atoms with Crippen LogP contribution in [0.5, 0.6) is 5.75 Å². The van der Waals surface area contributed by atoms with Gasteiger partial charge in [0.15, 0.2) is 0 Å². The third-order valence-electron chi connectivity index (χ3n) is 2.68. The fourth-order valence-electron chi connectivity index (χ4n) is 1.68. The van der Waals surface area contributed by atoms with Gasteiger partial charge in [-0.3, -0.25) is 0 Å². The van der Waals surface area contributed by atoms with Crippen molar-refractivity contribution in [1.29, 1.82) is 0 Å². The van der Waals surface area contributed by atoms with Crippen LogP contribution in [0.1, 0.15) is 17.2 Å². The van der Waals surface area contributed by atoms with Gasteiger partial charge in [0.05, 0.1) is 7.11 Å². The van der Waals surface area contributed by atoms with Gasteiger partial charge in [-0.05, 0) is 35.9 Å². The molecule has 0 heterocycles. The summed E-state index contributed by atoms with van der Waals surface area (Å²) in [6, 6.07) is 11.1. The molecule has 0 spiro atoms. The molecule has 0 aromatic heterocycles. The first-order valence-electron chi connectivity index (χ1n) is 5.39. The van der Waals surface area contributed by atoms with Crippen molar-refractivity contribution in [2.75, 3.05) is 7.11 Å². The van der Waals surface area contributed by atoms with E-state index in [9.17, 15) is 9.50 Å². The van der Waals surface area contributed by atoms with E-state index in [4.69, 9.17) is 4.74 Å². The molecule has 2 nitrogen and oxygen atoms in total. The molecule has 0 saturated carbocycles. The van der Waals surface area contributed by atoms with E-state index in [0.29, 0.717) is 16.9 Å². The van der Waals surface area contributed by atoms with Crippen LogP contribution in [-0.4, -0.2) is 12.2 Å². The summed E-state index contributed by atoms with van der Waals surface area (Å²) in [6.45, 7) is 0. The molecular formula is C14H12BrFO2. The van der Waals surface area contributed by atoms with E-state index >= 15 is 0 Å². The number of aliphatic hydroxyl groups excluding tert-OH is 1. The van der Waals surface area contributed by atoms with E-state index in [2.05, 4.69) is 15.9 Å². The van der Waals surface area contributed by atoms with Crippen molar-refractivity contribution in [1.82, 2.24) is 0 Å². The molecular weight excluding hydrogens is 299 g/mol. The largest absolute Gasteiger partial charge is 0.497 e. The van der Waals surface area contributed by atoms with Crippen LogP contribution in [0.2, 0.25) is 0 Å². The zero-order chi connectivity index (χ0) is 13.1. The molecule has 1 unspecified atom stereocenters. The summed E-state index contributed by atoms with van der Waals surface area (Å²) >= 11 is 3.38. The van der Waals surface area contributed by atoms with E-state index < -0.39 is 6.10 Å². The summed E-state index contributed by atoms with van der Waals surface area (Å²) in [4.78, 5) is 0. The minimum Gasteiger partial charge on any atom is -0.497 e. The van der Waals surface area contributed by atoms with Gasteiger partial charge in [-0.1, -0.05) is 28.1 Å². The molecule has 0 fully saturated rings. The molecule has 1 N–H and O–H groups in total. The third kappa shape index (κ3) is 2.71. The quantitative estimate of drug-likeness (QED) is 0.937. The van der Waals surface area contributed by atoms with Crippen molar-refractivity contribution >= 4 is 15.9 Å². The molecule has 0 aliphatic carbocycles. The second-order valence-corrected chi connectivity index (χ2v) is 4.70. The van der Waals surface area contributed by atoms with Crippen LogP contribution in [0, 0.1) is 5.82 Å². The number of rotatable bonds is 3. The Morgan fingerprint density at radius 1 is 1.17 bits per heavy atom. The molecule has 1 atom stereocenters. The lowest BCUT2D eigenvalue weighted by Crippen LogP contribution is -2.01. The molecule has 0 aliphatic rings. The molecule has 2 aromatic rings. The molecule has 18 heavy (non-hydrogen) atoms. The van der Waals surface area contributed by atoms with Gasteiger partial charge in [-0.15, -0.1) is 0 Å². The van der Waals surface area contributed by atoms with Gasteiger partial charge in [0.25, 0.3) is 0 Å². The first-order chi connectivity index (χ1) is 8.61. The van der Waals surface area contributed by atoms with Crippen LogP contribution in [0.3, 0.4) is 0 Å². The predicted molar refractivity (Wildman–Crippen MR) is 71.2 cm³/mol. The molecule has 2 rings (SSSR count). The monoisotopic (exact) mass is 310 g/mol. The fraction of sp³-hybridized carbons (Fsp3) is 0.143. The number of methoxy groups -OCH3 is 1. The van der Waals surface area contributed by atoms with Gasteiger partial charge in [-0.25, -0.2) is 4.39 Å². The maximum absolute atomic E-state index is 12.8. The predicted octanol–water partition coefficient (Wildman–Crippen LogP) is 3.68. The summed E-state index contributed by atoms with van der Waals surface area (Å²) in [5.74, 6) is 0.338. The average Bonchev–Trinajstić information content (AvgIpc) is 2.39. The van der Waals surface area contributed by atoms with Gasteiger partial charge < -0.3 is 9.84 Å². The summed E-state index contributed by atoms with van der Waals surface area (Å²) < 4.78 is 18.7. The second-order valence-electron chi connectivity index (χ2n) is 3.84. The molecule has 0 amide bonds. The van der Waals surface area contributed by atoms with E-state index in [1.54, 1.807) is 37.4 Å². The lowest BCUT2D eigenvalue weighted by atomic mass is 10.0. The van der Waals surface area contributed by atoms with Crippen LogP contribution >= 0.6 is 15.9 Å². The molecule has 0 bridgehead atoms. The van der Waals surface area contributed by atoms with Crippen molar-refractivity contribution < 1.29 is 14.2 Å². The molecule has 94 valence electrons. The second kappa shape index (κ2) is 5.50. The Kier molecular flexibility index (Phi) is 3.99. The van der Waals surface area contributed by atoms with Gasteiger partial charge in [-0.2, -0.15) is 0 Å². The molecule has 0 aliphatic heterocycles. The minimum atomic E-state index is -0.824. The Bertz CT molecular complexity index is 540. The van der Waals surface area contributed by atoms with Crippen molar-refractivity contribution in [3.8, 4) is 5.75 Å². The van der Waals surface area contributed by atoms with Gasteiger partial charge in [0.2, 0.25) is 0 Å². The van der Waals surface area contributed by atoms with Gasteiger partial charge in [0, 0.05) is 10.0 Å². The zero-order valence-electron chi connectivity index (χ0n) is 9.73. The first-order valence-corrected chi connectivity index (χ1v) is 6.18. The van der Waals surface area contributed by atoms with Crippen molar-refractivity contribution in [2.24, 2.45) is 0 Å². The average molecular weight is 311 g/mol. The summed E-state index contributed by atoms with van der Waals surface area (Å²) in [5, 5.41) is 10.3. The zero-order valence-corrected chi connectivity index (χ0v) is 11.3. The minimum absolute atomic E-state index is 0.323. The first kappa shape index (κ1) is 13.1.